The van der Waals surface area contributed by atoms with Gasteiger partial charge in [-0.3, -0.25) is 0 Å². The summed E-state index contributed by atoms with van der Waals surface area (Å²) >= 11 is 0. The Morgan fingerprint density at radius 3 is 1.50 bits per heavy atom. The fourth-order valence-electron chi connectivity index (χ4n) is 0.224. The second kappa shape index (κ2) is 9.64. The van der Waals surface area contributed by atoms with E-state index in [0.717, 1.165) is 0 Å². The van der Waals surface area contributed by atoms with Crippen molar-refractivity contribution in [2.45, 2.75) is 13.1 Å². The summed E-state index contributed by atoms with van der Waals surface area (Å²) in [7, 11) is 0.201. The van der Waals surface area contributed by atoms with Crippen LogP contribution < -0.4 is 29.6 Å². The van der Waals surface area contributed by atoms with Crippen LogP contribution in [0.2, 0.25) is 13.1 Å². The van der Waals surface area contributed by atoms with Crippen molar-refractivity contribution >= 4 is 19.4 Å². The Morgan fingerprint density at radius 2 is 1.50 bits per heavy atom. The standard InChI is InChI=1S/C2H10NSi2.Na/c1-4-3-5-2;/h4-5H2,1-2H3;/q-1;+1. The van der Waals surface area contributed by atoms with Gasteiger partial charge in [-0.25, -0.2) is 0 Å². The van der Waals surface area contributed by atoms with Gasteiger partial charge in [0, 0.05) is 0 Å². The second-order valence-electron chi connectivity index (χ2n) is 0.856. The van der Waals surface area contributed by atoms with E-state index in [4.69, 9.17) is 0 Å². The Labute approximate surface area is 66.4 Å². The molecule has 32 valence electrons. The molecule has 0 bridgehead atoms. The molecule has 4 heteroatoms. The Bertz CT molecular complexity index is 19.0. The molecule has 0 aliphatic rings. The molecule has 0 aromatic heterocycles. The van der Waals surface area contributed by atoms with Gasteiger partial charge in [0.2, 0.25) is 0 Å². The SMILES string of the molecule is C[SiH2][N-][SiH2]C.[Na+]. The van der Waals surface area contributed by atoms with Gasteiger partial charge in [-0.15, -0.1) is 0 Å². The van der Waals surface area contributed by atoms with Crippen molar-refractivity contribution in [2.24, 2.45) is 0 Å². The van der Waals surface area contributed by atoms with Crippen LogP contribution in [0.25, 0.3) is 4.65 Å². The Balaban J connectivity index is 0. The fourth-order valence-corrected chi connectivity index (χ4v) is 2.01. The van der Waals surface area contributed by atoms with E-state index in [9.17, 15) is 0 Å². The van der Waals surface area contributed by atoms with Crippen LogP contribution in [-0.2, 0) is 0 Å². The number of nitrogens with zero attached hydrogens (tertiary/aromatic N) is 1. The summed E-state index contributed by atoms with van der Waals surface area (Å²) in [5.74, 6) is 0. The number of rotatable bonds is 2. The summed E-state index contributed by atoms with van der Waals surface area (Å²) in [6.07, 6.45) is 0. The van der Waals surface area contributed by atoms with E-state index in [0.29, 0.717) is 0 Å². The summed E-state index contributed by atoms with van der Waals surface area (Å²) in [5.41, 5.74) is 0. The molecule has 0 aliphatic carbocycles. The molecule has 0 spiro atoms. The molecule has 0 fully saturated rings. The van der Waals surface area contributed by atoms with Crippen LogP contribution in [0.1, 0.15) is 0 Å². The van der Waals surface area contributed by atoms with Crippen molar-refractivity contribution in [3.63, 3.8) is 0 Å². The van der Waals surface area contributed by atoms with Crippen molar-refractivity contribution in [3.8, 4) is 0 Å². The third-order valence-corrected chi connectivity index (χ3v) is 4.02. The van der Waals surface area contributed by atoms with Crippen molar-refractivity contribution < 1.29 is 29.6 Å². The van der Waals surface area contributed by atoms with Crippen molar-refractivity contribution in [1.29, 1.82) is 0 Å². The molecule has 0 N–H and O–H groups in total. The molecule has 0 radical (unpaired) electrons. The molecule has 0 heterocycles. The molecule has 0 atom stereocenters. The largest absolute Gasteiger partial charge is 1.00 e. The fraction of sp³-hybridized carbons (Fsp3) is 1.00. The van der Waals surface area contributed by atoms with Crippen molar-refractivity contribution in [2.75, 3.05) is 0 Å². The minimum absolute atomic E-state index is 0. The van der Waals surface area contributed by atoms with Crippen LogP contribution >= 0.6 is 0 Å². The van der Waals surface area contributed by atoms with Gasteiger partial charge in [0.1, 0.15) is 0 Å². The number of hydrogen-bond acceptors (Lipinski definition) is 0. The average Bonchev–Trinajstić information content (AvgIpc) is 1.41. The summed E-state index contributed by atoms with van der Waals surface area (Å²) < 4.78 is 4.25. The average molecular weight is 127 g/mol. The zero-order valence-corrected chi connectivity index (χ0v) is 9.69. The molecule has 0 unspecified atom stereocenters. The van der Waals surface area contributed by atoms with Crippen molar-refractivity contribution in [3.05, 3.63) is 4.65 Å². The molecule has 0 saturated carbocycles. The summed E-state index contributed by atoms with van der Waals surface area (Å²) in [4.78, 5) is 0. The van der Waals surface area contributed by atoms with E-state index >= 15 is 0 Å². The van der Waals surface area contributed by atoms with E-state index in [1.54, 1.807) is 0 Å². The third kappa shape index (κ3) is 9.04. The van der Waals surface area contributed by atoms with E-state index in [-0.39, 0.29) is 48.9 Å². The smallest absolute Gasteiger partial charge is 0.677 e. The van der Waals surface area contributed by atoms with E-state index in [1.165, 1.54) is 0 Å². The molecule has 0 aromatic rings. The van der Waals surface area contributed by atoms with Crippen LogP contribution in [0.4, 0.5) is 0 Å². The minimum atomic E-state index is 0. The maximum Gasteiger partial charge on any atom is 1.00 e. The van der Waals surface area contributed by atoms with Crippen LogP contribution in [-0.4, -0.2) is 19.4 Å². The van der Waals surface area contributed by atoms with Gasteiger partial charge in [0.25, 0.3) is 0 Å². The first kappa shape index (κ1) is 10.4. The molecule has 0 rings (SSSR count). The number of hydrogen-bond donors (Lipinski definition) is 0. The van der Waals surface area contributed by atoms with Crippen LogP contribution in [0.5, 0.6) is 0 Å². The first-order valence-electron chi connectivity index (χ1n) is 2.05. The molecule has 1 nitrogen and oxygen atoms in total. The molecule has 6 heavy (non-hydrogen) atoms. The predicted molar refractivity (Wildman–Crippen MR) is 32.2 cm³/mol. The molecular formula is C2H10NNaSi2. The topological polar surface area (TPSA) is 14.1 Å². The van der Waals surface area contributed by atoms with Gasteiger partial charge < -0.3 is 4.65 Å². The summed E-state index contributed by atoms with van der Waals surface area (Å²) in [6, 6.07) is 0. The molecule has 0 amide bonds. The van der Waals surface area contributed by atoms with E-state index < -0.39 is 0 Å². The van der Waals surface area contributed by atoms with Gasteiger partial charge in [-0.1, -0.05) is 32.5 Å². The Hall–Kier alpha value is 1.39. The van der Waals surface area contributed by atoms with Crippen LogP contribution in [0.15, 0.2) is 0 Å². The van der Waals surface area contributed by atoms with Gasteiger partial charge in [-0.2, -0.15) is 0 Å². The first-order chi connectivity index (χ1) is 2.41. The zero-order valence-electron chi connectivity index (χ0n) is 4.86. The van der Waals surface area contributed by atoms with Crippen LogP contribution in [0, 0.1) is 0 Å². The maximum atomic E-state index is 4.25. The normalized spacial score (nSPS) is 11.0. The van der Waals surface area contributed by atoms with Gasteiger partial charge in [0.15, 0.2) is 0 Å². The minimum Gasteiger partial charge on any atom is -0.677 e. The van der Waals surface area contributed by atoms with Gasteiger partial charge in [-0.05, 0) is 0 Å². The molecular weight excluding hydrogens is 117 g/mol. The molecule has 0 saturated heterocycles. The molecule has 0 aliphatic heterocycles. The van der Waals surface area contributed by atoms with Gasteiger partial charge in [0.05, 0.1) is 0 Å². The zero-order chi connectivity index (χ0) is 4.12. The van der Waals surface area contributed by atoms with E-state index in [2.05, 4.69) is 17.7 Å². The van der Waals surface area contributed by atoms with Crippen molar-refractivity contribution in [1.82, 2.24) is 0 Å². The van der Waals surface area contributed by atoms with Gasteiger partial charge >= 0.3 is 29.6 Å². The first-order valence-corrected chi connectivity index (χ1v) is 6.14. The second-order valence-corrected chi connectivity index (χ2v) is 3.91. The Kier molecular flexibility index (Phi) is 16.7. The van der Waals surface area contributed by atoms with E-state index in [1.807, 2.05) is 0 Å². The summed E-state index contributed by atoms with van der Waals surface area (Å²) in [6.45, 7) is 4.44. The Morgan fingerprint density at radius 1 is 1.17 bits per heavy atom. The molecule has 0 aromatic carbocycles. The predicted octanol–water partition coefficient (Wildman–Crippen LogP) is -3.37. The third-order valence-electron chi connectivity index (χ3n) is 0.447. The van der Waals surface area contributed by atoms with Crippen LogP contribution in [0.3, 0.4) is 0 Å². The maximum absolute atomic E-state index is 4.25. The quantitative estimate of drug-likeness (QED) is 0.344. The summed E-state index contributed by atoms with van der Waals surface area (Å²) in [5, 5.41) is 0. The monoisotopic (exact) mass is 127 g/mol.